The Morgan fingerprint density at radius 3 is 2.42 bits per heavy atom. The normalized spacial score (nSPS) is 13.9. The van der Waals surface area contributed by atoms with E-state index in [2.05, 4.69) is 36.2 Å². The molecule has 90 valence electrons. The summed E-state index contributed by atoms with van der Waals surface area (Å²) in [7, 11) is 0. The third-order valence-corrected chi connectivity index (χ3v) is 3.67. The van der Waals surface area contributed by atoms with Gasteiger partial charge in [0.05, 0.1) is 16.9 Å². The first-order valence-electron chi connectivity index (χ1n) is 6.20. The molecule has 1 N–H and O–H groups in total. The molecule has 0 fully saturated rings. The first-order valence-corrected chi connectivity index (χ1v) is 6.20. The SMILES string of the molecule is C=C1Nc2ccc3cc4ccccc4cc3c2C1=O. The van der Waals surface area contributed by atoms with E-state index in [1.165, 1.54) is 5.39 Å². The summed E-state index contributed by atoms with van der Waals surface area (Å²) in [6.07, 6.45) is 0. The van der Waals surface area contributed by atoms with Gasteiger partial charge < -0.3 is 5.32 Å². The van der Waals surface area contributed by atoms with E-state index in [0.717, 1.165) is 27.4 Å². The maximum atomic E-state index is 12.2. The lowest BCUT2D eigenvalue weighted by Crippen LogP contribution is -1.97. The van der Waals surface area contributed by atoms with E-state index in [0.29, 0.717) is 5.70 Å². The van der Waals surface area contributed by atoms with Crippen LogP contribution in [0.1, 0.15) is 10.4 Å². The van der Waals surface area contributed by atoms with Gasteiger partial charge >= 0.3 is 0 Å². The Morgan fingerprint density at radius 2 is 1.63 bits per heavy atom. The molecular formula is C17H11NO. The summed E-state index contributed by atoms with van der Waals surface area (Å²) < 4.78 is 0. The Labute approximate surface area is 110 Å². The standard InChI is InChI=1S/C17H11NO/c1-10-17(19)16-14-9-12-5-3-2-4-11(12)8-13(14)6-7-15(16)18-10/h2-9,18H,1H2. The van der Waals surface area contributed by atoms with Gasteiger partial charge in [-0.2, -0.15) is 0 Å². The Hall–Kier alpha value is -2.61. The van der Waals surface area contributed by atoms with Crippen molar-refractivity contribution in [3.05, 3.63) is 66.4 Å². The largest absolute Gasteiger partial charge is 0.352 e. The van der Waals surface area contributed by atoms with Crippen LogP contribution in [0.15, 0.2) is 60.8 Å². The van der Waals surface area contributed by atoms with Crippen molar-refractivity contribution in [3.63, 3.8) is 0 Å². The van der Waals surface area contributed by atoms with Gasteiger partial charge in [-0.05, 0) is 39.7 Å². The second-order valence-electron chi connectivity index (χ2n) is 4.84. The molecule has 2 nitrogen and oxygen atoms in total. The molecule has 4 rings (SSSR count). The number of hydrogen-bond acceptors (Lipinski definition) is 2. The van der Waals surface area contributed by atoms with Gasteiger partial charge in [0.15, 0.2) is 0 Å². The van der Waals surface area contributed by atoms with Crippen LogP contribution in [0.5, 0.6) is 0 Å². The number of anilines is 1. The predicted octanol–water partition coefficient (Wildman–Crippen LogP) is 4.11. The summed E-state index contributed by atoms with van der Waals surface area (Å²) in [4.78, 5) is 12.2. The molecule has 1 aliphatic heterocycles. The minimum absolute atomic E-state index is 0.00381. The molecule has 3 aromatic rings. The van der Waals surface area contributed by atoms with Crippen LogP contribution in [0.25, 0.3) is 21.5 Å². The van der Waals surface area contributed by atoms with E-state index < -0.39 is 0 Å². The summed E-state index contributed by atoms with van der Waals surface area (Å²) in [5.41, 5.74) is 2.06. The van der Waals surface area contributed by atoms with Gasteiger partial charge in [0.1, 0.15) is 0 Å². The van der Waals surface area contributed by atoms with Crippen molar-refractivity contribution < 1.29 is 4.79 Å². The molecular weight excluding hydrogens is 234 g/mol. The molecule has 0 amide bonds. The zero-order valence-electron chi connectivity index (χ0n) is 10.2. The number of fused-ring (bicyclic) bond motifs is 4. The number of carbonyl (C=O) groups is 1. The molecule has 0 unspecified atom stereocenters. The van der Waals surface area contributed by atoms with E-state index in [1.54, 1.807) is 0 Å². The molecule has 0 aromatic heterocycles. The average molecular weight is 245 g/mol. The van der Waals surface area contributed by atoms with Crippen LogP contribution < -0.4 is 5.32 Å². The van der Waals surface area contributed by atoms with E-state index in [4.69, 9.17) is 0 Å². The topological polar surface area (TPSA) is 29.1 Å². The van der Waals surface area contributed by atoms with Crippen molar-refractivity contribution in [2.45, 2.75) is 0 Å². The summed E-state index contributed by atoms with van der Waals surface area (Å²) in [5.74, 6) is -0.00381. The summed E-state index contributed by atoms with van der Waals surface area (Å²) in [6.45, 7) is 3.76. The molecule has 3 aromatic carbocycles. The van der Waals surface area contributed by atoms with Gasteiger partial charge in [0.2, 0.25) is 5.78 Å². The highest BCUT2D eigenvalue weighted by Gasteiger charge is 2.25. The third-order valence-electron chi connectivity index (χ3n) is 3.67. The molecule has 19 heavy (non-hydrogen) atoms. The van der Waals surface area contributed by atoms with Gasteiger partial charge in [-0.3, -0.25) is 4.79 Å². The lowest BCUT2D eigenvalue weighted by Gasteiger charge is -2.06. The summed E-state index contributed by atoms with van der Waals surface area (Å²) >= 11 is 0. The molecule has 0 radical (unpaired) electrons. The fourth-order valence-electron chi connectivity index (χ4n) is 2.73. The Balaban J connectivity index is 2.18. The molecule has 2 heteroatoms. The highest BCUT2D eigenvalue weighted by Crippen LogP contribution is 2.35. The minimum atomic E-state index is -0.00381. The molecule has 1 heterocycles. The van der Waals surface area contributed by atoms with Crippen LogP contribution in [0.4, 0.5) is 5.69 Å². The second-order valence-corrected chi connectivity index (χ2v) is 4.84. The maximum Gasteiger partial charge on any atom is 0.211 e. The third kappa shape index (κ3) is 1.34. The Kier molecular flexibility index (Phi) is 1.88. The van der Waals surface area contributed by atoms with E-state index in [-0.39, 0.29) is 5.78 Å². The van der Waals surface area contributed by atoms with Crippen LogP contribution in [0.3, 0.4) is 0 Å². The van der Waals surface area contributed by atoms with Crippen molar-refractivity contribution >= 4 is 33.0 Å². The van der Waals surface area contributed by atoms with Gasteiger partial charge in [-0.15, -0.1) is 0 Å². The molecule has 0 saturated carbocycles. The summed E-state index contributed by atoms with van der Waals surface area (Å²) in [5, 5.41) is 7.46. The van der Waals surface area contributed by atoms with Crippen LogP contribution in [-0.4, -0.2) is 5.78 Å². The number of ketones is 1. The van der Waals surface area contributed by atoms with Crippen LogP contribution in [0, 0.1) is 0 Å². The number of Topliss-reactive ketones (excluding diaryl/α,β-unsaturated/α-hetero) is 1. The lowest BCUT2D eigenvalue weighted by molar-refractivity contribution is 0.104. The quantitative estimate of drug-likeness (QED) is 0.477. The zero-order chi connectivity index (χ0) is 13.0. The highest BCUT2D eigenvalue weighted by molar-refractivity contribution is 6.25. The van der Waals surface area contributed by atoms with Gasteiger partial charge in [0, 0.05) is 0 Å². The van der Waals surface area contributed by atoms with E-state index in [1.807, 2.05) is 24.3 Å². The van der Waals surface area contributed by atoms with Crippen LogP contribution >= 0.6 is 0 Å². The van der Waals surface area contributed by atoms with Crippen molar-refractivity contribution in [1.29, 1.82) is 0 Å². The first-order chi connectivity index (χ1) is 9.24. The first kappa shape index (κ1) is 10.3. The van der Waals surface area contributed by atoms with Crippen molar-refractivity contribution in [1.82, 2.24) is 0 Å². The van der Waals surface area contributed by atoms with E-state index >= 15 is 0 Å². The maximum absolute atomic E-state index is 12.2. The lowest BCUT2D eigenvalue weighted by atomic mass is 9.97. The zero-order valence-corrected chi connectivity index (χ0v) is 10.2. The van der Waals surface area contributed by atoms with Crippen molar-refractivity contribution in [3.8, 4) is 0 Å². The van der Waals surface area contributed by atoms with Crippen molar-refractivity contribution in [2.75, 3.05) is 5.32 Å². The molecule has 1 aliphatic rings. The number of nitrogens with one attached hydrogen (secondary N) is 1. The highest BCUT2D eigenvalue weighted by atomic mass is 16.1. The summed E-state index contributed by atoms with van der Waals surface area (Å²) in [6, 6.07) is 16.4. The fourth-order valence-corrected chi connectivity index (χ4v) is 2.73. The second kappa shape index (κ2) is 3.45. The number of rotatable bonds is 0. The number of allylic oxidation sites excluding steroid dienone is 1. The fraction of sp³-hybridized carbons (Fsp3) is 0. The van der Waals surface area contributed by atoms with Gasteiger partial charge in [-0.25, -0.2) is 0 Å². The Bertz CT molecular complexity index is 877. The number of benzene rings is 3. The van der Waals surface area contributed by atoms with Crippen LogP contribution in [0.2, 0.25) is 0 Å². The van der Waals surface area contributed by atoms with Gasteiger partial charge in [-0.1, -0.05) is 36.9 Å². The predicted molar refractivity (Wildman–Crippen MR) is 78.5 cm³/mol. The smallest absolute Gasteiger partial charge is 0.211 e. The molecule has 0 aliphatic carbocycles. The molecule has 0 bridgehead atoms. The molecule has 0 atom stereocenters. The molecule has 0 saturated heterocycles. The number of hydrogen-bond donors (Lipinski definition) is 1. The minimum Gasteiger partial charge on any atom is -0.352 e. The van der Waals surface area contributed by atoms with Gasteiger partial charge in [0.25, 0.3) is 0 Å². The molecule has 0 spiro atoms. The monoisotopic (exact) mass is 245 g/mol. The van der Waals surface area contributed by atoms with Crippen molar-refractivity contribution in [2.24, 2.45) is 0 Å². The average Bonchev–Trinajstić information content (AvgIpc) is 2.72. The Morgan fingerprint density at radius 1 is 0.895 bits per heavy atom. The van der Waals surface area contributed by atoms with E-state index in [9.17, 15) is 4.79 Å². The number of carbonyl (C=O) groups excluding carboxylic acids is 1. The van der Waals surface area contributed by atoms with Crippen LogP contribution in [-0.2, 0) is 0 Å².